The molecular weight excluding hydrogens is 202 g/mol. The zero-order valence-corrected chi connectivity index (χ0v) is 8.47. The van der Waals surface area contributed by atoms with Gasteiger partial charge in [0.1, 0.15) is 12.4 Å². The molecule has 4 N–H and O–H groups in total. The smallest absolute Gasteiger partial charge is 0.162 e. The average molecular weight is 216 g/mol. The fraction of sp³-hybridized carbons (Fsp3) is 0.400. The van der Waals surface area contributed by atoms with Crippen LogP contribution >= 0.6 is 0 Å². The van der Waals surface area contributed by atoms with E-state index in [1.165, 1.54) is 6.07 Å². The molecule has 0 aliphatic rings. The summed E-state index contributed by atoms with van der Waals surface area (Å²) >= 11 is 0. The molecular formula is C10H14F2N2O. The van der Waals surface area contributed by atoms with Gasteiger partial charge in [-0.1, -0.05) is 0 Å². The summed E-state index contributed by atoms with van der Waals surface area (Å²) in [6, 6.07) is 3.31. The van der Waals surface area contributed by atoms with Crippen LogP contribution in [0.25, 0.3) is 0 Å². The van der Waals surface area contributed by atoms with E-state index in [1.807, 2.05) is 0 Å². The minimum Gasteiger partial charge on any atom is -0.492 e. The van der Waals surface area contributed by atoms with Gasteiger partial charge in [0, 0.05) is 12.6 Å². The Morgan fingerprint density at radius 3 is 2.53 bits per heavy atom. The van der Waals surface area contributed by atoms with Gasteiger partial charge in [-0.25, -0.2) is 8.78 Å². The van der Waals surface area contributed by atoms with Crippen molar-refractivity contribution in [3.63, 3.8) is 0 Å². The maximum atomic E-state index is 12.8. The minimum absolute atomic E-state index is 0.147. The summed E-state index contributed by atoms with van der Waals surface area (Å²) in [5.74, 6) is -1.62. The van der Waals surface area contributed by atoms with E-state index < -0.39 is 17.2 Å². The second-order valence-corrected chi connectivity index (χ2v) is 3.72. The number of halogens is 2. The van der Waals surface area contributed by atoms with Crippen LogP contribution in [0.3, 0.4) is 0 Å². The Kier molecular flexibility index (Phi) is 3.60. The summed E-state index contributed by atoms with van der Waals surface area (Å²) in [5.41, 5.74) is 10.4. The van der Waals surface area contributed by atoms with Crippen molar-refractivity contribution in [3.05, 3.63) is 29.8 Å². The molecule has 5 heteroatoms. The molecule has 1 aromatic rings. The summed E-state index contributed by atoms with van der Waals surface area (Å²) in [4.78, 5) is 0. The molecule has 0 heterocycles. The highest BCUT2D eigenvalue weighted by molar-refractivity contribution is 5.23. The fourth-order valence-electron chi connectivity index (χ4n) is 0.874. The second kappa shape index (κ2) is 4.55. The van der Waals surface area contributed by atoms with Crippen molar-refractivity contribution in [2.24, 2.45) is 11.5 Å². The van der Waals surface area contributed by atoms with Crippen LogP contribution in [0.15, 0.2) is 18.2 Å². The van der Waals surface area contributed by atoms with E-state index in [9.17, 15) is 8.78 Å². The maximum Gasteiger partial charge on any atom is 0.162 e. The lowest BCUT2D eigenvalue weighted by atomic mass is 10.1. The zero-order chi connectivity index (χ0) is 11.5. The minimum atomic E-state index is -0.945. The van der Waals surface area contributed by atoms with Gasteiger partial charge in [-0.3, -0.25) is 0 Å². The first-order valence-electron chi connectivity index (χ1n) is 4.51. The Balaban J connectivity index is 2.62. The highest BCUT2D eigenvalue weighted by atomic mass is 19.2. The Labute approximate surface area is 87.0 Å². The number of hydrogen-bond donors (Lipinski definition) is 2. The topological polar surface area (TPSA) is 61.3 Å². The van der Waals surface area contributed by atoms with Crippen LogP contribution in [0.1, 0.15) is 6.92 Å². The zero-order valence-electron chi connectivity index (χ0n) is 8.47. The predicted molar refractivity (Wildman–Crippen MR) is 53.5 cm³/mol. The molecule has 0 aliphatic carbocycles. The molecule has 1 aromatic carbocycles. The maximum absolute atomic E-state index is 12.8. The molecule has 0 aliphatic heterocycles. The van der Waals surface area contributed by atoms with Crippen molar-refractivity contribution in [1.82, 2.24) is 0 Å². The van der Waals surface area contributed by atoms with Gasteiger partial charge in [-0.15, -0.1) is 0 Å². The molecule has 0 saturated carbocycles. The van der Waals surface area contributed by atoms with Crippen molar-refractivity contribution in [1.29, 1.82) is 0 Å². The molecule has 1 atom stereocenters. The van der Waals surface area contributed by atoms with E-state index in [0.717, 1.165) is 12.1 Å². The van der Waals surface area contributed by atoms with Gasteiger partial charge in [-0.05, 0) is 19.1 Å². The van der Waals surface area contributed by atoms with E-state index in [-0.39, 0.29) is 18.9 Å². The van der Waals surface area contributed by atoms with Crippen molar-refractivity contribution in [3.8, 4) is 5.75 Å². The SMILES string of the molecule is C[C@](N)(CN)COc1ccc(F)c(F)c1. The van der Waals surface area contributed by atoms with Crippen molar-refractivity contribution in [2.75, 3.05) is 13.2 Å². The Hall–Kier alpha value is -1.20. The molecule has 3 nitrogen and oxygen atoms in total. The van der Waals surface area contributed by atoms with Crippen LogP contribution in [0.2, 0.25) is 0 Å². The molecule has 0 spiro atoms. The third kappa shape index (κ3) is 3.45. The standard InChI is InChI=1S/C10H14F2N2O/c1-10(14,5-13)6-15-7-2-3-8(11)9(12)4-7/h2-4H,5-6,13-14H2,1H3/t10-/m0/s1. The largest absolute Gasteiger partial charge is 0.492 e. The van der Waals surface area contributed by atoms with E-state index in [4.69, 9.17) is 16.2 Å². The second-order valence-electron chi connectivity index (χ2n) is 3.72. The number of nitrogens with two attached hydrogens (primary N) is 2. The molecule has 0 unspecified atom stereocenters. The highest BCUT2D eigenvalue weighted by Crippen LogP contribution is 2.16. The van der Waals surface area contributed by atoms with Crippen LogP contribution in [0, 0.1) is 11.6 Å². The molecule has 0 saturated heterocycles. The number of rotatable bonds is 4. The van der Waals surface area contributed by atoms with E-state index >= 15 is 0 Å². The lowest BCUT2D eigenvalue weighted by Gasteiger charge is -2.22. The first-order chi connectivity index (χ1) is 6.94. The average Bonchev–Trinajstić information content (AvgIpc) is 2.20. The molecule has 84 valence electrons. The molecule has 0 radical (unpaired) electrons. The van der Waals surface area contributed by atoms with Gasteiger partial charge in [0.2, 0.25) is 0 Å². The first kappa shape index (κ1) is 11.9. The predicted octanol–water partition coefficient (Wildman–Crippen LogP) is 1.02. The lowest BCUT2D eigenvalue weighted by Crippen LogP contribution is -2.49. The first-order valence-corrected chi connectivity index (χ1v) is 4.51. The van der Waals surface area contributed by atoms with Crippen LogP contribution in [-0.2, 0) is 0 Å². The van der Waals surface area contributed by atoms with Crippen LogP contribution in [0.5, 0.6) is 5.75 Å². The van der Waals surface area contributed by atoms with Crippen LogP contribution in [-0.4, -0.2) is 18.7 Å². The summed E-state index contributed by atoms with van der Waals surface area (Å²) in [7, 11) is 0. The molecule has 0 fully saturated rings. The number of ether oxygens (including phenoxy) is 1. The molecule has 1 rings (SSSR count). The van der Waals surface area contributed by atoms with Crippen LogP contribution in [0.4, 0.5) is 8.78 Å². The Bertz CT molecular complexity index is 342. The summed E-state index contributed by atoms with van der Waals surface area (Å²) < 4.78 is 30.5. The quantitative estimate of drug-likeness (QED) is 0.789. The summed E-state index contributed by atoms with van der Waals surface area (Å²) in [6.07, 6.45) is 0. The third-order valence-corrected chi connectivity index (χ3v) is 1.93. The lowest BCUT2D eigenvalue weighted by molar-refractivity contribution is 0.233. The summed E-state index contributed by atoms with van der Waals surface area (Å²) in [5, 5.41) is 0. The molecule has 0 aromatic heterocycles. The molecule has 0 bridgehead atoms. The normalized spacial score (nSPS) is 14.7. The third-order valence-electron chi connectivity index (χ3n) is 1.93. The van der Waals surface area contributed by atoms with Crippen LogP contribution < -0.4 is 16.2 Å². The van der Waals surface area contributed by atoms with Gasteiger partial charge in [0.25, 0.3) is 0 Å². The summed E-state index contributed by atoms with van der Waals surface area (Å²) in [6.45, 7) is 2.11. The highest BCUT2D eigenvalue weighted by Gasteiger charge is 2.17. The Morgan fingerprint density at radius 2 is 2.00 bits per heavy atom. The fourth-order valence-corrected chi connectivity index (χ4v) is 0.874. The van der Waals surface area contributed by atoms with Crippen molar-refractivity contribution < 1.29 is 13.5 Å². The van der Waals surface area contributed by atoms with Gasteiger partial charge in [-0.2, -0.15) is 0 Å². The van der Waals surface area contributed by atoms with Crippen molar-refractivity contribution >= 4 is 0 Å². The van der Waals surface area contributed by atoms with Crippen molar-refractivity contribution in [2.45, 2.75) is 12.5 Å². The van der Waals surface area contributed by atoms with E-state index in [0.29, 0.717) is 0 Å². The Morgan fingerprint density at radius 1 is 1.33 bits per heavy atom. The van der Waals surface area contributed by atoms with E-state index in [1.54, 1.807) is 6.92 Å². The molecule has 15 heavy (non-hydrogen) atoms. The number of benzene rings is 1. The van der Waals surface area contributed by atoms with Gasteiger partial charge >= 0.3 is 0 Å². The van der Waals surface area contributed by atoms with E-state index in [2.05, 4.69) is 0 Å². The number of hydrogen-bond acceptors (Lipinski definition) is 3. The van der Waals surface area contributed by atoms with Gasteiger partial charge < -0.3 is 16.2 Å². The van der Waals surface area contributed by atoms with Gasteiger partial charge in [0.15, 0.2) is 11.6 Å². The van der Waals surface area contributed by atoms with Gasteiger partial charge in [0.05, 0.1) is 5.54 Å². The monoisotopic (exact) mass is 216 g/mol. The molecule has 0 amide bonds.